The first kappa shape index (κ1) is 22.7. The second kappa shape index (κ2) is 8.42. The van der Waals surface area contributed by atoms with Gasteiger partial charge in [-0.05, 0) is 24.3 Å². The van der Waals surface area contributed by atoms with Gasteiger partial charge in [-0.2, -0.15) is 26.3 Å². The Balaban J connectivity index is 2.47. The number of halogens is 6. The molecule has 4 N–H and O–H groups in total. The van der Waals surface area contributed by atoms with E-state index in [0.29, 0.717) is 16.7 Å². The molecule has 0 unspecified atom stereocenters. The van der Waals surface area contributed by atoms with Crippen molar-refractivity contribution in [1.82, 2.24) is 9.55 Å². The summed E-state index contributed by atoms with van der Waals surface area (Å²) < 4.78 is 76.0. The lowest BCUT2D eigenvalue weighted by molar-refractivity contribution is -0.138. The van der Waals surface area contributed by atoms with Crippen LogP contribution < -0.4 is 16.6 Å². The maximum Gasteiger partial charge on any atom is 0.416 e. The molecule has 14 heteroatoms. The van der Waals surface area contributed by atoms with Crippen molar-refractivity contribution in [2.24, 2.45) is 10.7 Å². The predicted molar refractivity (Wildman–Crippen MR) is 92.5 cm³/mol. The molecule has 0 amide bonds. The van der Waals surface area contributed by atoms with Crippen LogP contribution in [0.25, 0.3) is 0 Å². The molecular formula is C16H13F6N5O3. The molecule has 0 aliphatic heterocycles. The summed E-state index contributed by atoms with van der Waals surface area (Å²) in [6, 6.07) is 3.36. The number of nitrogens with zero attached hydrogens (tertiary/aromatic N) is 3. The number of alkyl halides is 6. The Hall–Kier alpha value is -3.58. The van der Waals surface area contributed by atoms with Gasteiger partial charge in [-0.25, -0.2) is 9.98 Å². The minimum Gasteiger partial charge on any atom is -0.480 e. The number of hydrogen-bond donors (Lipinski definition) is 3. The van der Waals surface area contributed by atoms with E-state index in [1.807, 2.05) is 5.32 Å². The summed E-state index contributed by atoms with van der Waals surface area (Å²) in [6.07, 6.45) is -8.56. The number of anilines is 1. The zero-order valence-corrected chi connectivity index (χ0v) is 14.8. The Morgan fingerprint density at radius 3 is 2.27 bits per heavy atom. The molecule has 1 heterocycles. The normalized spacial score (nSPS) is 12.7. The number of carbonyl (C=O) groups is 1. The van der Waals surface area contributed by atoms with Gasteiger partial charge in [0.15, 0.2) is 5.84 Å². The van der Waals surface area contributed by atoms with Gasteiger partial charge in [0, 0.05) is 0 Å². The van der Waals surface area contributed by atoms with Crippen LogP contribution >= 0.6 is 0 Å². The standard InChI is InChI=1S/C16H13F6N5O3/c17-15(18,19)6-24-12-11(25-7-27(14(12)30)5-10(28)29)13(23)26-9-3-1-8(2-4-9)16(20,21)22/h1-4,7,24H,5-6H2,(H2,23,26)(H,28,29). The third-order valence-electron chi connectivity index (χ3n) is 3.50. The zero-order valence-electron chi connectivity index (χ0n) is 14.8. The Morgan fingerprint density at radius 2 is 1.77 bits per heavy atom. The molecule has 2 rings (SSSR count). The summed E-state index contributed by atoms with van der Waals surface area (Å²) in [5.41, 5.74) is 2.21. The van der Waals surface area contributed by atoms with Crippen LogP contribution in [0, 0.1) is 0 Å². The average molecular weight is 437 g/mol. The fourth-order valence-corrected chi connectivity index (χ4v) is 2.21. The van der Waals surface area contributed by atoms with E-state index in [9.17, 15) is 35.9 Å². The predicted octanol–water partition coefficient (Wildman–Crippen LogP) is 2.36. The Morgan fingerprint density at radius 1 is 1.17 bits per heavy atom. The Kier molecular flexibility index (Phi) is 6.38. The van der Waals surface area contributed by atoms with Gasteiger partial charge >= 0.3 is 18.3 Å². The van der Waals surface area contributed by atoms with E-state index in [-0.39, 0.29) is 5.69 Å². The number of aromatic nitrogens is 2. The summed E-state index contributed by atoms with van der Waals surface area (Å²) in [6.45, 7) is -2.52. The number of hydrogen-bond acceptors (Lipinski definition) is 5. The van der Waals surface area contributed by atoms with E-state index in [1.54, 1.807) is 0 Å². The van der Waals surface area contributed by atoms with E-state index in [1.165, 1.54) is 0 Å². The summed E-state index contributed by atoms with van der Waals surface area (Å²) in [4.78, 5) is 30.6. The first-order chi connectivity index (χ1) is 13.8. The van der Waals surface area contributed by atoms with Gasteiger partial charge in [0.1, 0.15) is 24.5 Å². The second-order valence-corrected chi connectivity index (χ2v) is 5.81. The maximum absolute atomic E-state index is 12.6. The highest BCUT2D eigenvalue weighted by molar-refractivity contribution is 6.01. The highest BCUT2D eigenvalue weighted by atomic mass is 19.4. The molecule has 162 valence electrons. The number of aliphatic imine (C=N–C) groups is 1. The molecule has 0 aliphatic rings. The molecule has 30 heavy (non-hydrogen) atoms. The topological polar surface area (TPSA) is 123 Å². The number of aliphatic carboxylic acids is 1. The van der Waals surface area contributed by atoms with Gasteiger partial charge in [-0.15, -0.1) is 0 Å². The van der Waals surface area contributed by atoms with Crippen LogP contribution in [0.2, 0.25) is 0 Å². The van der Waals surface area contributed by atoms with E-state index in [4.69, 9.17) is 10.8 Å². The van der Waals surface area contributed by atoms with Crippen LogP contribution in [0.3, 0.4) is 0 Å². The maximum atomic E-state index is 12.6. The molecule has 0 saturated heterocycles. The highest BCUT2D eigenvalue weighted by Gasteiger charge is 2.30. The quantitative estimate of drug-likeness (QED) is 0.362. The minimum atomic E-state index is -4.73. The van der Waals surface area contributed by atoms with Crippen LogP contribution in [0.1, 0.15) is 11.3 Å². The fourth-order valence-electron chi connectivity index (χ4n) is 2.21. The summed E-state index contributed by atoms with van der Waals surface area (Å²) in [5.74, 6) is -2.01. The molecular weight excluding hydrogens is 424 g/mol. The lowest BCUT2D eigenvalue weighted by Crippen LogP contribution is -2.33. The van der Waals surface area contributed by atoms with Crippen molar-refractivity contribution < 1.29 is 36.2 Å². The van der Waals surface area contributed by atoms with Crippen LogP contribution in [0.4, 0.5) is 37.7 Å². The van der Waals surface area contributed by atoms with Crippen molar-refractivity contribution in [2.45, 2.75) is 18.9 Å². The number of rotatable bonds is 6. The molecule has 1 aromatic heterocycles. The van der Waals surface area contributed by atoms with E-state index in [2.05, 4.69) is 9.98 Å². The first-order valence-electron chi connectivity index (χ1n) is 7.91. The molecule has 0 atom stereocenters. The van der Waals surface area contributed by atoms with Crippen molar-refractivity contribution in [1.29, 1.82) is 0 Å². The largest absolute Gasteiger partial charge is 0.480 e. The van der Waals surface area contributed by atoms with Crippen LogP contribution in [-0.2, 0) is 17.5 Å². The van der Waals surface area contributed by atoms with Crippen molar-refractivity contribution in [3.63, 3.8) is 0 Å². The third-order valence-corrected chi connectivity index (χ3v) is 3.50. The molecule has 1 aromatic carbocycles. The molecule has 2 aromatic rings. The molecule has 0 fully saturated rings. The number of carboxylic acids is 1. The molecule has 8 nitrogen and oxygen atoms in total. The number of amidine groups is 1. The lowest BCUT2D eigenvalue weighted by Gasteiger charge is -2.14. The van der Waals surface area contributed by atoms with Crippen molar-refractivity contribution in [3.05, 3.63) is 52.2 Å². The molecule has 0 aliphatic carbocycles. The molecule has 0 radical (unpaired) electrons. The van der Waals surface area contributed by atoms with Crippen LogP contribution in [-0.4, -0.2) is 39.2 Å². The molecule has 0 bridgehead atoms. The van der Waals surface area contributed by atoms with Gasteiger partial charge in [-0.3, -0.25) is 14.2 Å². The van der Waals surface area contributed by atoms with Crippen molar-refractivity contribution >= 4 is 23.2 Å². The zero-order chi connectivity index (χ0) is 22.7. The fraction of sp³-hybridized carbons (Fsp3) is 0.250. The van der Waals surface area contributed by atoms with Gasteiger partial charge in [0.25, 0.3) is 5.56 Å². The average Bonchev–Trinajstić information content (AvgIpc) is 2.60. The van der Waals surface area contributed by atoms with E-state index >= 15 is 0 Å². The Bertz CT molecular complexity index is 1010. The molecule has 0 spiro atoms. The van der Waals surface area contributed by atoms with Gasteiger partial charge < -0.3 is 16.2 Å². The summed E-state index contributed by atoms with van der Waals surface area (Å²) in [7, 11) is 0. The highest BCUT2D eigenvalue weighted by Crippen LogP contribution is 2.30. The van der Waals surface area contributed by atoms with Crippen LogP contribution in [0.5, 0.6) is 0 Å². The number of nitrogens with one attached hydrogen (secondary N) is 1. The smallest absolute Gasteiger partial charge is 0.416 e. The Labute approximate surface area is 163 Å². The van der Waals surface area contributed by atoms with E-state index < -0.39 is 59.8 Å². The first-order valence-corrected chi connectivity index (χ1v) is 7.91. The van der Waals surface area contributed by atoms with E-state index in [0.717, 1.165) is 18.5 Å². The third kappa shape index (κ3) is 5.96. The van der Waals surface area contributed by atoms with Gasteiger partial charge in [0.2, 0.25) is 0 Å². The van der Waals surface area contributed by atoms with Gasteiger partial charge in [0.05, 0.1) is 17.6 Å². The minimum absolute atomic E-state index is 0.0845. The second-order valence-electron chi connectivity index (χ2n) is 5.81. The van der Waals surface area contributed by atoms with Crippen molar-refractivity contribution in [3.8, 4) is 0 Å². The SMILES string of the molecule is NC(=Nc1ccc(C(F)(F)F)cc1)c1ncn(CC(=O)O)c(=O)c1NCC(F)(F)F. The van der Waals surface area contributed by atoms with Gasteiger partial charge in [-0.1, -0.05) is 0 Å². The lowest BCUT2D eigenvalue weighted by atomic mass is 10.2. The summed E-state index contributed by atoms with van der Waals surface area (Å²) in [5, 5.41) is 10.6. The molecule has 0 saturated carbocycles. The summed E-state index contributed by atoms with van der Waals surface area (Å²) >= 11 is 0. The monoisotopic (exact) mass is 437 g/mol. The number of nitrogens with two attached hydrogens (primary N) is 1. The number of carboxylic acid groups (broad SMARTS) is 1. The van der Waals surface area contributed by atoms with Crippen molar-refractivity contribution in [2.75, 3.05) is 11.9 Å². The van der Waals surface area contributed by atoms with Crippen LogP contribution in [0.15, 0.2) is 40.4 Å². The number of benzene rings is 1.